The lowest BCUT2D eigenvalue weighted by Crippen LogP contribution is -2.22. The Morgan fingerprint density at radius 1 is 0.885 bits per heavy atom. The van der Waals surface area contributed by atoms with Gasteiger partial charge in [0, 0.05) is 24.1 Å². The van der Waals surface area contributed by atoms with Crippen molar-refractivity contribution in [3.63, 3.8) is 0 Å². The maximum atomic E-state index is 12.4. The highest BCUT2D eigenvalue weighted by atomic mass is 16.1. The van der Waals surface area contributed by atoms with Gasteiger partial charge in [-0.05, 0) is 36.2 Å². The molecule has 3 aromatic carbocycles. The van der Waals surface area contributed by atoms with Gasteiger partial charge in [0.1, 0.15) is 0 Å². The van der Waals surface area contributed by atoms with Crippen LogP contribution in [0.4, 0.5) is 0 Å². The van der Waals surface area contributed by atoms with E-state index in [2.05, 4.69) is 29.3 Å². The molecular formula is C24H21NO. The van der Waals surface area contributed by atoms with Crippen LogP contribution in [0.3, 0.4) is 0 Å². The van der Waals surface area contributed by atoms with Crippen molar-refractivity contribution >= 4 is 5.91 Å². The van der Waals surface area contributed by atoms with Crippen molar-refractivity contribution in [1.29, 1.82) is 0 Å². The molecule has 1 N–H and O–H groups in total. The maximum absolute atomic E-state index is 12.4. The van der Waals surface area contributed by atoms with Crippen LogP contribution in [0.25, 0.3) is 0 Å². The maximum Gasteiger partial charge on any atom is 0.251 e. The fourth-order valence-electron chi connectivity index (χ4n) is 2.57. The first-order valence-corrected chi connectivity index (χ1v) is 8.67. The van der Waals surface area contributed by atoms with Crippen LogP contribution >= 0.6 is 0 Å². The largest absolute Gasteiger partial charge is 0.348 e. The van der Waals surface area contributed by atoms with Gasteiger partial charge >= 0.3 is 0 Å². The molecule has 1 amide bonds. The average molecular weight is 339 g/mol. The van der Waals surface area contributed by atoms with Gasteiger partial charge in [-0.2, -0.15) is 0 Å². The van der Waals surface area contributed by atoms with E-state index in [1.54, 1.807) is 0 Å². The molecule has 0 aliphatic heterocycles. The zero-order chi connectivity index (χ0) is 18.2. The number of aryl methyl sites for hydroxylation is 1. The Labute approximate surface area is 154 Å². The van der Waals surface area contributed by atoms with Crippen molar-refractivity contribution in [3.8, 4) is 11.8 Å². The SMILES string of the molecule is Cc1ccc(CNC(=O)c2cccc(C#CCc3ccccc3)c2)cc1. The number of hydrogen-bond acceptors (Lipinski definition) is 1. The molecule has 0 aliphatic carbocycles. The minimum atomic E-state index is -0.0858. The smallest absolute Gasteiger partial charge is 0.251 e. The summed E-state index contributed by atoms with van der Waals surface area (Å²) < 4.78 is 0. The molecule has 0 radical (unpaired) electrons. The van der Waals surface area contributed by atoms with Crippen molar-refractivity contribution in [2.45, 2.75) is 19.9 Å². The van der Waals surface area contributed by atoms with Crippen LogP contribution in [0.2, 0.25) is 0 Å². The van der Waals surface area contributed by atoms with Gasteiger partial charge in [-0.15, -0.1) is 0 Å². The summed E-state index contributed by atoms with van der Waals surface area (Å²) >= 11 is 0. The third-order valence-corrected chi connectivity index (χ3v) is 4.07. The molecule has 0 unspecified atom stereocenters. The van der Waals surface area contributed by atoms with Gasteiger partial charge in [0.05, 0.1) is 0 Å². The predicted molar refractivity (Wildman–Crippen MR) is 106 cm³/mol. The van der Waals surface area contributed by atoms with E-state index in [4.69, 9.17) is 0 Å². The Morgan fingerprint density at radius 3 is 2.42 bits per heavy atom. The summed E-state index contributed by atoms with van der Waals surface area (Å²) in [4.78, 5) is 12.4. The standard InChI is InChI=1S/C24H21NO/c1-19-13-15-22(16-14-19)18-25-24(26)23-12-6-11-21(17-23)10-5-9-20-7-3-2-4-8-20/h2-4,6-8,11-17H,9,18H2,1H3,(H,25,26). The number of carbonyl (C=O) groups is 1. The van der Waals surface area contributed by atoms with Gasteiger partial charge in [0.15, 0.2) is 0 Å². The van der Waals surface area contributed by atoms with E-state index in [1.807, 2.05) is 73.7 Å². The van der Waals surface area contributed by atoms with Gasteiger partial charge in [0.2, 0.25) is 0 Å². The summed E-state index contributed by atoms with van der Waals surface area (Å²) in [5, 5.41) is 2.96. The Morgan fingerprint density at radius 2 is 1.65 bits per heavy atom. The number of nitrogens with one attached hydrogen (secondary N) is 1. The zero-order valence-electron chi connectivity index (χ0n) is 14.8. The fraction of sp³-hybridized carbons (Fsp3) is 0.125. The van der Waals surface area contributed by atoms with Crippen LogP contribution in [-0.4, -0.2) is 5.91 Å². The van der Waals surface area contributed by atoms with Crippen LogP contribution in [0.5, 0.6) is 0 Å². The third-order valence-electron chi connectivity index (χ3n) is 4.07. The molecule has 2 heteroatoms. The molecule has 0 fully saturated rings. The van der Waals surface area contributed by atoms with Crippen molar-refractivity contribution in [2.24, 2.45) is 0 Å². The van der Waals surface area contributed by atoms with E-state index in [-0.39, 0.29) is 5.91 Å². The van der Waals surface area contributed by atoms with Crippen molar-refractivity contribution < 1.29 is 4.79 Å². The number of amides is 1. The first-order valence-electron chi connectivity index (χ1n) is 8.67. The lowest BCUT2D eigenvalue weighted by molar-refractivity contribution is 0.0951. The van der Waals surface area contributed by atoms with Crippen molar-refractivity contribution in [1.82, 2.24) is 5.32 Å². The lowest BCUT2D eigenvalue weighted by atomic mass is 10.1. The quantitative estimate of drug-likeness (QED) is 0.696. The second-order valence-corrected chi connectivity index (χ2v) is 6.21. The highest BCUT2D eigenvalue weighted by molar-refractivity contribution is 5.94. The minimum Gasteiger partial charge on any atom is -0.348 e. The molecule has 2 nitrogen and oxygen atoms in total. The number of benzene rings is 3. The molecule has 0 aromatic heterocycles. The molecule has 0 heterocycles. The van der Waals surface area contributed by atoms with Gasteiger partial charge in [0.25, 0.3) is 5.91 Å². The molecule has 128 valence electrons. The molecule has 0 aliphatic rings. The summed E-state index contributed by atoms with van der Waals surface area (Å²) in [6.07, 6.45) is 0.699. The van der Waals surface area contributed by atoms with Crippen LogP contribution in [0.1, 0.15) is 32.6 Å². The van der Waals surface area contributed by atoms with E-state index in [0.717, 1.165) is 11.1 Å². The fourth-order valence-corrected chi connectivity index (χ4v) is 2.57. The number of rotatable bonds is 4. The number of carbonyl (C=O) groups excluding carboxylic acids is 1. The van der Waals surface area contributed by atoms with Crippen LogP contribution in [-0.2, 0) is 13.0 Å². The van der Waals surface area contributed by atoms with E-state index in [1.165, 1.54) is 11.1 Å². The third kappa shape index (κ3) is 5.09. The molecular weight excluding hydrogens is 318 g/mol. The van der Waals surface area contributed by atoms with Gasteiger partial charge in [-0.25, -0.2) is 0 Å². The summed E-state index contributed by atoms with van der Waals surface area (Å²) in [6.45, 7) is 2.57. The molecule has 0 spiro atoms. The Hall–Kier alpha value is -3.31. The Balaban J connectivity index is 1.61. The highest BCUT2D eigenvalue weighted by Gasteiger charge is 2.05. The predicted octanol–water partition coefficient (Wildman–Crippen LogP) is 4.52. The minimum absolute atomic E-state index is 0.0858. The van der Waals surface area contributed by atoms with E-state index in [0.29, 0.717) is 18.5 Å². The monoisotopic (exact) mass is 339 g/mol. The molecule has 0 bridgehead atoms. The topological polar surface area (TPSA) is 29.1 Å². The molecule has 26 heavy (non-hydrogen) atoms. The average Bonchev–Trinajstić information content (AvgIpc) is 2.68. The summed E-state index contributed by atoms with van der Waals surface area (Å²) in [7, 11) is 0. The summed E-state index contributed by atoms with van der Waals surface area (Å²) in [5.74, 6) is 6.22. The Kier molecular flexibility index (Phi) is 5.85. The molecule has 0 atom stereocenters. The van der Waals surface area contributed by atoms with Crippen LogP contribution in [0.15, 0.2) is 78.9 Å². The van der Waals surface area contributed by atoms with E-state index < -0.39 is 0 Å². The van der Waals surface area contributed by atoms with Gasteiger partial charge < -0.3 is 5.32 Å². The first kappa shape index (κ1) is 17.5. The second kappa shape index (κ2) is 8.69. The summed E-state index contributed by atoms with van der Waals surface area (Å²) in [5.41, 5.74) is 4.96. The molecule has 3 rings (SSSR count). The summed E-state index contributed by atoms with van der Waals surface area (Å²) in [6, 6.07) is 25.7. The zero-order valence-corrected chi connectivity index (χ0v) is 14.8. The van der Waals surface area contributed by atoms with E-state index in [9.17, 15) is 4.79 Å². The molecule has 3 aromatic rings. The first-order chi connectivity index (χ1) is 12.7. The lowest BCUT2D eigenvalue weighted by Gasteiger charge is -2.06. The molecule has 0 saturated heterocycles. The van der Waals surface area contributed by atoms with Crippen molar-refractivity contribution in [3.05, 3.63) is 107 Å². The van der Waals surface area contributed by atoms with Crippen LogP contribution in [0, 0.1) is 18.8 Å². The van der Waals surface area contributed by atoms with Crippen LogP contribution < -0.4 is 5.32 Å². The highest BCUT2D eigenvalue weighted by Crippen LogP contribution is 2.07. The normalized spacial score (nSPS) is 9.88. The Bertz CT molecular complexity index is 931. The van der Waals surface area contributed by atoms with Gasteiger partial charge in [-0.3, -0.25) is 4.79 Å². The van der Waals surface area contributed by atoms with E-state index >= 15 is 0 Å². The second-order valence-electron chi connectivity index (χ2n) is 6.21. The van der Waals surface area contributed by atoms with Gasteiger partial charge in [-0.1, -0.05) is 78.1 Å². The number of hydrogen-bond donors (Lipinski definition) is 1. The van der Waals surface area contributed by atoms with Crippen molar-refractivity contribution in [2.75, 3.05) is 0 Å². The molecule has 0 saturated carbocycles.